The van der Waals surface area contributed by atoms with Crippen LogP contribution < -0.4 is 0 Å². The summed E-state index contributed by atoms with van der Waals surface area (Å²) in [6.45, 7) is 14.5. The van der Waals surface area contributed by atoms with Crippen LogP contribution in [0.25, 0.3) is 0 Å². The highest BCUT2D eigenvalue weighted by Crippen LogP contribution is 2.33. The van der Waals surface area contributed by atoms with Crippen molar-refractivity contribution in [1.29, 1.82) is 0 Å². The summed E-state index contributed by atoms with van der Waals surface area (Å²) in [5.74, 6) is -0.168. The summed E-state index contributed by atoms with van der Waals surface area (Å²) in [5.41, 5.74) is 4.87. The van der Waals surface area contributed by atoms with Crippen LogP contribution >= 0.6 is 0 Å². The van der Waals surface area contributed by atoms with Crippen LogP contribution in [-0.4, -0.2) is 70.0 Å². The molecule has 6 heteroatoms. The first-order chi connectivity index (χ1) is 15.3. The molecule has 2 heterocycles. The molecule has 0 atom stereocenters. The van der Waals surface area contributed by atoms with Gasteiger partial charge in [0.05, 0.1) is 12.1 Å². The first-order valence-corrected chi connectivity index (χ1v) is 11.7. The van der Waals surface area contributed by atoms with Crippen LogP contribution in [-0.2, 0) is 19.6 Å². The number of aromatic hydroxyl groups is 2. The number of rotatable bonds is 7. The van der Waals surface area contributed by atoms with E-state index in [9.17, 15) is 15.0 Å². The van der Waals surface area contributed by atoms with Crippen LogP contribution in [0, 0.1) is 0 Å². The fourth-order valence-corrected chi connectivity index (χ4v) is 4.82. The van der Waals surface area contributed by atoms with Crippen molar-refractivity contribution >= 4 is 5.78 Å². The third-order valence-electron chi connectivity index (χ3n) is 6.81. The Morgan fingerprint density at radius 2 is 1.59 bits per heavy atom. The number of fused-ring (bicyclic) bond motifs is 1. The van der Waals surface area contributed by atoms with E-state index in [2.05, 4.69) is 39.8 Å². The Balaban J connectivity index is 1.38. The standard InChI is InChI=1S/C26H35N3O3/c1-4-27-7-9-28(10-8-27)14-19-5-6-20-15-29(16-21(20)11-19)17-26(32)23-12-22(18(2)3)24(30)13-25(23)31/h5-6,11-13,18,30-31H,4,7-10,14-17H2,1-3H3. The van der Waals surface area contributed by atoms with Gasteiger partial charge >= 0.3 is 0 Å². The van der Waals surface area contributed by atoms with E-state index >= 15 is 0 Å². The van der Waals surface area contributed by atoms with Gasteiger partial charge in [-0.25, -0.2) is 0 Å². The SMILES string of the molecule is CCN1CCN(Cc2ccc3c(c2)CN(CC(=O)c2cc(C(C)C)c(O)cc2O)C3)CC1. The van der Waals surface area contributed by atoms with Gasteiger partial charge in [-0.05, 0) is 40.8 Å². The van der Waals surface area contributed by atoms with Gasteiger partial charge in [0.15, 0.2) is 5.78 Å². The minimum absolute atomic E-state index is 0.0336. The van der Waals surface area contributed by atoms with Crippen molar-refractivity contribution in [2.75, 3.05) is 39.3 Å². The van der Waals surface area contributed by atoms with E-state index in [-0.39, 0.29) is 35.3 Å². The quantitative estimate of drug-likeness (QED) is 0.646. The highest BCUT2D eigenvalue weighted by Gasteiger charge is 2.24. The Bertz CT molecular complexity index is 981. The van der Waals surface area contributed by atoms with E-state index in [1.807, 2.05) is 13.8 Å². The number of phenols is 2. The molecule has 2 aliphatic heterocycles. The van der Waals surface area contributed by atoms with E-state index in [0.717, 1.165) is 52.4 Å². The largest absolute Gasteiger partial charge is 0.508 e. The Morgan fingerprint density at radius 3 is 2.28 bits per heavy atom. The minimum Gasteiger partial charge on any atom is -0.508 e. The summed E-state index contributed by atoms with van der Waals surface area (Å²) in [6, 6.07) is 9.63. The van der Waals surface area contributed by atoms with Gasteiger partial charge < -0.3 is 15.1 Å². The molecule has 2 aromatic carbocycles. The number of hydrogen-bond donors (Lipinski definition) is 2. The van der Waals surface area contributed by atoms with E-state index in [1.54, 1.807) is 6.07 Å². The fourth-order valence-electron chi connectivity index (χ4n) is 4.82. The van der Waals surface area contributed by atoms with Crippen molar-refractivity contribution in [2.24, 2.45) is 0 Å². The van der Waals surface area contributed by atoms with E-state index in [0.29, 0.717) is 5.56 Å². The second-order valence-corrected chi connectivity index (χ2v) is 9.46. The lowest BCUT2D eigenvalue weighted by atomic mass is 9.97. The van der Waals surface area contributed by atoms with Gasteiger partial charge in [0.2, 0.25) is 0 Å². The second-order valence-electron chi connectivity index (χ2n) is 9.46. The number of piperazine rings is 1. The highest BCUT2D eigenvalue weighted by atomic mass is 16.3. The molecule has 2 aliphatic rings. The number of Topliss-reactive ketones (excluding diaryl/α,β-unsaturated/α-hetero) is 1. The lowest BCUT2D eigenvalue weighted by Crippen LogP contribution is -2.45. The van der Waals surface area contributed by atoms with Crippen molar-refractivity contribution in [3.63, 3.8) is 0 Å². The predicted molar refractivity (Wildman–Crippen MR) is 126 cm³/mol. The van der Waals surface area contributed by atoms with Crippen molar-refractivity contribution < 1.29 is 15.0 Å². The van der Waals surface area contributed by atoms with Crippen LogP contribution in [0.3, 0.4) is 0 Å². The lowest BCUT2D eigenvalue weighted by molar-refractivity contribution is 0.0927. The molecule has 0 aliphatic carbocycles. The smallest absolute Gasteiger partial charge is 0.180 e. The topological polar surface area (TPSA) is 67.2 Å². The van der Waals surface area contributed by atoms with Gasteiger partial charge in [0, 0.05) is 51.9 Å². The number of carbonyl (C=O) groups excluding carboxylic acids is 1. The normalized spacial score (nSPS) is 17.8. The van der Waals surface area contributed by atoms with Crippen LogP contribution in [0.5, 0.6) is 11.5 Å². The summed E-state index contributed by atoms with van der Waals surface area (Å²) in [6.07, 6.45) is 0. The van der Waals surface area contributed by atoms with Crippen molar-refractivity contribution in [2.45, 2.75) is 46.3 Å². The third-order valence-corrected chi connectivity index (χ3v) is 6.81. The molecule has 0 bridgehead atoms. The maximum atomic E-state index is 12.9. The van der Waals surface area contributed by atoms with Crippen LogP contribution in [0.15, 0.2) is 30.3 Å². The van der Waals surface area contributed by atoms with Crippen molar-refractivity contribution in [3.05, 3.63) is 58.1 Å². The van der Waals surface area contributed by atoms with E-state index in [1.165, 1.54) is 22.8 Å². The summed E-state index contributed by atoms with van der Waals surface area (Å²) < 4.78 is 0. The van der Waals surface area contributed by atoms with Crippen LogP contribution in [0.2, 0.25) is 0 Å². The van der Waals surface area contributed by atoms with Gasteiger partial charge in [-0.2, -0.15) is 0 Å². The molecule has 0 aromatic heterocycles. The third kappa shape index (κ3) is 4.98. The zero-order valence-electron chi connectivity index (χ0n) is 19.5. The molecule has 1 fully saturated rings. The fraction of sp³-hybridized carbons (Fsp3) is 0.500. The molecule has 2 aromatic rings. The van der Waals surface area contributed by atoms with E-state index in [4.69, 9.17) is 0 Å². The maximum absolute atomic E-state index is 12.9. The Morgan fingerprint density at radius 1 is 0.906 bits per heavy atom. The summed E-state index contributed by atoms with van der Waals surface area (Å²) in [7, 11) is 0. The number of nitrogens with zero attached hydrogens (tertiary/aromatic N) is 3. The van der Waals surface area contributed by atoms with Crippen molar-refractivity contribution in [3.8, 4) is 11.5 Å². The molecule has 172 valence electrons. The number of likely N-dealkylation sites (N-methyl/N-ethyl adjacent to an activating group) is 1. The number of carbonyl (C=O) groups is 1. The molecular weight excluding hydrogens is 402 g/mol. The molecule has 0 unspecified atom stereocenters. The molecule has 2 N–H and O–H groups in total. The Labute approximate surface area is 191 Å². The lowest BCUT2D eigenvalue weighted by Gasteiger charge is -2.34. The number of phenolic OH excluding ortho intramolecular Hbond substituents is 2. The molecule has 0 radical (unpaired) electrons. The molecule has 6 nitrogen and oxygen atoms in total. The average molecular weight is 438 g/mol. The van der Waals surface area contributed by atoms with Gasteiger partial charge in [-0.1, -0.05) is 39.0 Å². The van der Waals surface area contributed by atoms with E-state index < -0.39 is 0 Å². The van der Waals surface area contributed by atoms with Crippen LogP contribution in [0.4, 0.5) is 0 Å². The van der Waals surface area contributed by atoms with Gasteiger partial charge in [0.1, 0.15) is 11.5 Å². The Hall–Kier alpha value is -2.41. The zero-order chi connectivity index (χ0) is 22.8. The first kappa shape index (κ1) is 22.8. The summed E-state index contributed by atoms with van der Waals surface area (Å²) in [5, 5.41) is 20.3. The minimum atomic E-state index is -0.154. The predicted octanol–water partition coefficient (Wildman–Crippen LogP) is 3.56. The molecule has 0 amide bonds. The maximum Gasteiger partial charge on any atom is 0.180 e. The van der Waals surface area contributed by atoms with Gasteiger partial charge in [-0.15, -0.1) is 0 Å². The monoisotopic (exact) mass is 437 g/mol. The number of ketones is 1. The molecule has 4 rings (SSSR count). The summed E-state index contributed by atoms with van der Waals surface area (Å²) >= 11 is 0. The number of hydrogen-bond acceptors (Lipinski definition) is 6. The number of benzene rings is 2. The van der Waals surface area contributed by atoms with Crippen LogP contribution in [0.1, 0.15) is 59.3 Å². The van der Waals surface area contributed by atoms with Gasteiger partial charge in [0.25, 0.3) is 0 Å². The molecule has 0 saturated carbocycles. The first-order valence-electron chi connectivity index (χ1n) is 11.7. The molecule has 1 saturated heterocycles. The van der Waals surface area contributed by atoms with Crippen molar-refractivity contribution in [1.82, 2.24) is 14.7 Å². The molecule has 32 heavy (non-hydrogen) atoms. The zero-order valence-corrected chi connectivity index (χ0v) is 19.5. The summed E-state index contributed by atoms with van der Waals surface area (Å²) in [4.78, 5) is 20.1. The second kappa shape index (κ2) is 9.61. The molecular formula is C26H35N3O3. The average Bonchev–Trinajstić information content (AvgIpc) is 3.15. The Kier molecular flexibility index (Phi) is 6.84. The van der Waals surface area contributed by atoms with Gasteiger partial charge in [-0.3, -0.25) is 14.6 Å². The molecule has 0 spiro atoms. The highest BCUT2D eigenvalue weighted by molar-refractivity contribution is 6.00.